The van der Waals surface area contributed by atoms with Crippen LogP contribution in [-0.4, -0.2) is 60.1 Å². The van der Waals surface area contributed by atoms with Crippen molar-refractivity contribution >= 4 is 40.5 Å². The lowest BCUT2D eigenvalue weighted by Crippen LogP contribution is -2.18. The molecule has 20 heteroatoms. The van der Waals surface area contributed by atoms with Gasteiger partial charge in [-0.3, -0.25) is 0 Å². The monoisotopic (exact) mass is 912 g/mol. The van der Waals surface area contributed by atoms with Crippen molar-refractivity contribution < 1.29 is 69.4 Å². The van der Waals surface area contributed by atoms with Gasteiger partial charge in [0.05, 0.1) is 26.4 Å². The molecule has 1 aliphatic rings. The van der Waals surface area contributed by atoms with E-state index in [1.807, 2.05) is 27.7 Å². The van der Waals surface area contributed by atoms with Gasteiger partial charge in [-0.05, 0) is 62.1 Å². The first-order valence-electron chi connectivity index (χ1n) is 19.4. The zero-order valence-electron chi connectivity index (χ0n) is 33.6. The number of hydrogen-bond donors (Lipinski definition) is 0. The highest BCUT2D eigenvalue weighted by Crippen LogP contribution is 2.41. The van der Waals surface area contributed by atoms with Crippen molar-refractivity contribution in [3.8, 4) is 46.0 Å². The van der Waals surface area contributed by atoms with Crippen LogP contribution in [0.2, 0.25) is 0 Å². The van der Waals surface area contributed by atoms with Gasteiger partial charge in [0.15, 0.2) is 0 Å². The molecule has 0 atom stereocenters. The topological polar surface area (TPSA) is 210 Å². The van der Waals surface area contributed by atoms with Crippen molar-refractivity contribution in [2.24, 2.45) is 0 Å². The van der Waals surface area contributed by atoms with E-state index in [-0.39, 0.29) is 49.4 Å². The lowest BCUT2D eigenvalue weighted by molar-refractivity contribution is 0.282. The minimum Gasteiger partial charge on any atom is -0.492 e. The standard InChI is InChI=1S/C40H48O16S4/c1-5-9-19-49-33-25-34(50-20-10-6-2)38-27-37(33)57(41,42)53-29-15-13-16-30(23-29)55-59(45,46)39-28-40(36(52-22-12-8-4)26-35(39)51-21-11-7-3)60(47,48)56-32-18-14-17-31(24-32)54-58(38,43)44/h13-18,23-28H,5-12,19-22H2,1-4H3. The first-order chi connectivity index (χ1) is 28.5. The van der Waals surface area contributed by atoms with E-state index in [4.69, 9.17) is 35.7 Å². The van der Waals surface area contributed by atoms with Crippen molar-refractivity contribution in [1.82, 2.24) is 0 Å². The highest BCUT2D eigenvalue weighted by atomic mass is 32.2. The fourth-order valence-corrected chi connectivity index (χ4v) is 9.87. The third kappa shape index (κ3) is 11.7. The minimum absolute atomic E-state index is 0.0462. The van der Waals surface area contributed by atoms with Crippen LogP contribution in [0.3, 0.4) is 0 Å². The second kappa shape index (κ2) is 20.1. The van der Waals surface area contributed by atoms with Crippen LogP contribution in [0, 0.1) is 0 Å². The summed E-state index contributed by atoms with van der Waals surface area (Å²) >= 11 is 0. The average molecular weight is 913 g/mol. The zero-order valence-corrected chi connectivity index (χ0v) is 36.8. The highest BCUT2D eigenvalue weighted by Gasteiger charge is 2.34. The van der Waals surface area contributed by atoms with Crippen LogP contribution in [0.15, 0.2) is 92.4 Å². The number of ether oxygens (including phenoxy) is 4. The third-order valence-corrected chi connectivity index (χ3v) is 13.6. The van der Waals surface area contributed by atoms with E-state index in [1.54, 1.807) is 0 Å². The fraction of sp³-hybridized carbons (Fsp3) is 0.400. The molecule has 0 amide bonds. The summed E-state index contributed by atoms with van der Waals surface area (Å²) in [5.41, 5.74) is 0. The fourth-order valence-electron chi connectivity index (χ4n) is 5.43. The maximum Gasteiger partial charge on any atom is 0.342 e. The Morgan fingerprint density at radius 3 is 0.817 bits per heavy atom. The van der Waals surface area contributed by atoms with E-state index >= 15 is 0 Å². The smallest absolute Gasteiger partial charge is 0.342 e. The van der Waals surface area contributed by atoms with E-state index in [9.17, 15) is 33.7 Å². The van der Waals surface area contributed by atoms with Crippen molar-refractivity contribution in [3.63, 3.8) is 0 Å². The van der Waals surface area contributed by atoms with Crippen molar-refractivity contribution in [1.29, 1.82) is 0 Å². The van der Waals surface area contributed by atoms with E-state index in [0.717, 1.165) is 36.4 Å². The Labute approximate surface area is 352 Å². The van der Waals surface area contributed by atoms with Gasteiger partial charge in [0.2, 0.25) is 0 Å². The first-order valence-corrected chi connectivity index (χ1v) is 25.0. The van der Waals surface area contributed by atoms with Crippen LogP contribution in [0.25, 0.3) is 0 Å². The Morgan fingerprint density at radius 1 is 0.367 bits per heavy atom. The molecule has 0 aromatic heterocycles. The Morgan fingerprint density at radius 2 is 0.600 bits per heavy atom. The summed E-state index contributed by atoms with van der Waals surface area (Å²) < 4.78 is 158. The molecule has 8 bridgehead atoms. The summed E-state index contributed by atoms with van der Waals surface area (Å²) in [5.74, 6) is -2.91. The van der Waals surface area contributed by atoms with Gasteiger partial charge in [0, 0.05) is 24.3 Å². The van der Waals surface area contributed by atoms with Gasteiger partial charge in [-0.1, -0.05) is 65.5 Å². The molecule has 0 fully saturated rings. The lowest BCUT2D eigenvalue weighted by Gasteiger charge is -2.19. The molecule has 328 valence electrons. The molecule has 5 rings (SSSR count). The zero-order chi connectivity index (χ0) is 43.6. The third-order valence-electron chi connectivity index (χ3n) is 8.55. The van der Waals surface area contributed by atoms with Crippen LogP contribution in [0.5, 0.6) is 46.0 Å². The maximum absolute atomic E-state index is 14.1. The van der Waals surface area contributed by atoms with E-state index in [1.165, 1.54) is 36.4 Å². The molecule has 16 nitrogen and oxygen atoms in total. The number of benzene rings is 4. The molecule has 1 heterocycles. The van der Waals surface area contributed by atoms with Gasteiger partial charge in [0.25, 0.3) is 0 Å². The van der Waals surface area contributed by atoms with Crippen LogP contribution in [0.1, 0.15) is 79.1 Å². The molecular weight excluding hydrogens is 865 g/mol. The summed E-state index contributed by atoms with van der Waals surface area (Å²) in [6.07, 6.45) is 4.79. The summed E-state index contributed by atoms with van der Waals surface area (Å²) in [4.78, 5) is -2.88. The Kier molecular flexibility index (Phi) is 15.5. The molecule has 0 saturated heterocycles. The number of fused-ring (bicyclic) bond motifs is 8. The van der Waals surface area contributed by atoms with E-state index in [2.05, 4.69) is 0 Å². The molecule has 4 aromatic rings. The number of hydrogen-bond acceptors (Lipinski definition) is 16. The van der Waals surface area contributed by atoms with Gasteiger partial charge in [-0.25, -0.2) is 0 Å². The first kappa shape index (κ1) is 46.2. The molecule has 1 aliphatic heterocycles. The van der Waals surface area contributed by atoms with Crippen molar-refractivity contribution in [3.05, 3.63) is 72.8 Å². The number of rotatable bonds is 16. The summed E-state index contributed by atoms with van der Waals surface area (Å²) in [5, 5.41) is 0. The molecule has 0 aliphatic carbocycles. The SMILES string of the molecule is CCCCOc1cc(OCCCC)c2cc1S(=O)(=O)Oc1cccc(c1)OS(=O)(=O)c1cc(c(OCCCC)cc1OCCCC)S(=O)(=O)Oc1cccc(c1)OS2(=O)=O. The quantitative estimate of drug-likeness (QED) is 0.0776. The molecule has 0 radical (unpaired) electrons. The summed E-state index contributed by atoms with van der Waals surface area (Å²) in [6, 6.07) is 12.9. The highest BCUT2D eigenvalue weighted by molar-refractivity contribution is 7.88. The van der Waals surface area contributed by atoms with E-state index in [0.29, 0.717) is 51.4 Å². The largest absolute Gasteiger partial charge is 0.492 e. The second-order valence-electron chi connectivity index (χ2n) is 13.4. The van der Waals surface area contributed by atoms with E-state index < -0.39 is 83.1 Å². The Bertz CT molecular complexity index is 2230. The minimum atomic E-state index is -4.97. The van der Waals surface area contributed by atoms with Gasteiger partial charge >= 0.3 is 40.5 Å². The molecule has 0 spiro atoms. The average Bonchev–Trinajstić information content (AvgIpc) is 3.17. The summed E-state index contributed by atoms with van der Waals surface area (Å²) in [6.45, 7) is 7.75. The van der Waals surface area contributed by atoms with Crippen LogP contribution in [0.4, 0.5) is 0 Å². The maximum atomic E-state index is 14.1. The molecule has 0 N–H and O–H groups in total. The Hall–Kier alpha value is -4.92. The van der Waals surface area contributed by atoms with Crippen LogP contribution in [-0.2, 0) is 40.5 Å². The molecular formula is C40H48O16S4. The Balaban J connectivity index is 1.76. The van der Waals surface area contributed by atoms with Gasteiger partial charge in [-0.2, -0.15) is 33.7 Å². The molecule has 4 aromatic carbocycles. The number of unbranched alkanes of at least 4 members (excludes halogenated alkanes) is 4. The van der Waals surface area contributed by atoms with Gasteiger partial charge in [-0.15, -0.1) is 0 Å². The lowest BCUT2D eigenvalue weighted by atomic mass is 10.3. The van der Waals surface area contributed by atoms with Crippen LogP contribution < -0.4 is 35.7 Å². The molecule has 0 saturated carbocycles. The van der Waals surface area contributed by atoms with Crippen LogP contribution >= 0.6 is 0 Å². The molecule has 0 unspecified atom stereocenters. The van der Waals surface area contributed by atoms with Gasteiger partial charge < -0.3 is 35.7 Å². The van der Waals surface area contributed by atoms with Gasteiger partial charge in [0.1, 0.15) is 65.6 Å². The van der Waals surface area contributed by atoms with Crippen molar-refractivity contribution in [2.75, 3.05) is 26.4 Å². The predicted octanol–water partition coefficient (Wildman–Crippen LogP) is 7.79. The van der Waals surface area contributed by atoms with Crippen molar-refractivity contribution in [2.45, 2.75) is 98.6 Å². The normalized spacial score (nSPS) is 16.1. The predicted molar refractivity (Wildman–Crippen MR) is 219 cm³/mol. The molecule has 60 heavy (non-hydrogen) atoms. The second-order valence-corrected chi connectivity index (χ2v) is 19.5. The summed E-state index contributed by atoms with van der Waals surface area (Å²) in [7, 11) is -19.9.